The van der Waals surface area contributed by atoms with E-state index in [0.29, 0.717) is 0 Å². The first kappa shape index (κ1) is 24.6. The number of nitrogens with zero attached hydrogens (tertiary/aromatic N) is 1. The number of ether oxygens (including phenoxy) is 1. The normalized spacial score (nSPS) is 13.7. The molecule has 1 aliphatic carbocycles. The molecule has 2 heteroatoms. The first-order valence-corrected chi connectivity index (χ1v) is 15.5. The fourth-order valence-corrected chi connectivity index (χ4v) is 8.04. The van der Waals surface area contributed by atoms with Crippen molar-refractivity contribution in [2.24, 2.45) is 0 Å². The lowest BCUT2D eigenvalue weighted by atomic mass is 9.66. The molecule has 1 aromatic heterocycles. The van der Waals surface area contributed by atoms with Crippen molar-refractivity contribution in [1.82, 2.24) is 4.57 Å². The molecule has 1 spiro atoms. The Hall–Kier alpha value is -5.86. The van der Waals surface area contributed by atoms with Gasteiger partial charge in [0, 0.05) is 27.6 Å². The van der Waals surface area contributed by atoms with Crippen LogP contribution in [-0.4, -0.2) is 4.57 Å². The van der Waals surface area contributed by atoms with Gasteiger partial charge in [-0.2, -0.15) is 0 Å². The van der Waals surface area contributed by atoms with Crippen LogP contribution < -0.4 is 4.74 Å². The molecule has 2 heterocycles. The monoisotopic (exact) mass is 573 g/mol. The van der Waals surface area contributed by atoms with Crippen molar-refractivity contribution in [3.63, 3.8) is 0 Å². The molecule has 2 nitrogen and oxygen atoms in total. The van der Waals surface area contributed by atoms with Gasteiger partial charge in [-0.25, -0.2) is 0 Å². The molecule has 0 saturated heterocycles. The summed E-state index contributed by atoms with van der Waals surface area (Å²) in [5, 5.41) is 2.51. The van der Waals surface area contributed by atoms with Gasteiger partial charge in [-0.05, 0) is 75.8 Å². The molecule has 0 bridgehead atoms. The summed E-state index contributed by atoms with van der Waals surface area (Å²) in [5.41, 5.74) is 13.0. The summed E-state index contributed by atoms with van der Waals surface area (Å²) < 4.78 is 9.05. The molecule has 0 atom stereocenters. The highest BCUT2D eigenvalue weighted by Crippen LogP contribution is 2.62. The molecule has 0 unspecified atom stereocenters. The SMILES string of the molecule is c1ccc(-n2c3ccccc3c3ccc(-c4ccc5c(c4)C4(c6ccccc6O5)c5ccccc5-c5ccccc54)cc32)cc1. The van der Waals surface area contributed by atoms with Crippen molar-refractivity contribution >= 4 is 21.8 Å². The van der Waals surface area contributed by atoms with E-state index in [4.69, 9.17) is 4.74 Å². The Balaban J connectivity index is 1.25. The zero-order chi connectivity index (χ0) is 29.5. The Bertz CT molecular complexity index is 2420. The van der Waals surface area contributed by atoms with Gasteiger partial charge in [-0.1, -0.05) is 121 Å². The van der Waals surface area contributed by atoms with E-state index in [-0.39, 0.29) is 0 Å². The van der Waals surface area contributed by atoms with Crippen molar-refractivity contribution in [2.45, 2.75) is 5.41 Å². The highest BCUT2D eigenvalue weighted by molar-refractivity contribution is 6.10. The smallest absolute Gasteiger partial charge is 0.132 e. The van der Waals surface area contributed by atoms with Crippen LogP contribution >= 0.6 is 0 Å². The topological polar surface area (TPSA) is 14.2 Å². The quantitative estimate of drug-likeness (QED) is 0.201. The van der Waals surface area contributed by atoms with Crippen molar-refractivity contribution in [3.05, 3.63) is 186 Å². The van der Waals surface area contributed by atoms with Crippen LogP contribution in [-0.2, 0) is 5.41 Å². The van der Waals surface area contributed by atoms with Gasteiger partial charge in [0.05, 0.1) is 16.4 Å². The molecule has 7 aromatic carbocycles. The molecule has 0 N–H and O–H groups in total. The van der Waals surface area contributed by atoms with Crippen LogP contribution in [0.5, 0.6) is 11.5 Å². The maximum atomic E-state index is 6.67. The van der Waals surface area contributed by atoms with Gasteiger partial charge in [-0.3, -0.25) is 0 Å². The molecular formula is C43H27NO. The third kappa shape index (κ3) is 3.23. The fraction of sp³-hybridized carbons (Fsp3) is 0.0233. The second kappa shape index (κ2) is 9.07. The minimum absolute atomic E-state index is 0.476. The van der Waals surface area contributed by atoms with Crippen molar-refractivity contribution in [3.8, 4) is 39.4 Å². The predicted molar refractivity (Wildman–Crippen MR) is 184 cm³/mol. The Morgan fingerprint density at radius 3 is 1.78 bits per heavy atom. The Labute approximate surface area is 261 Å². The van der Waals surface area contributed by atoms with Crippen LogP contribution in [0.15, 0.2) is 164 Å². The fourth-order valence-electron chi connectivity index (χ4n) is 8.04. The van der Waals surface area contributed by atoms with E-state index >= 15 is 0 Å². The zero-order valence-corrected chi connectivity index (χ0v) is 24.4. The minimum atomic E-state index is -0.476. The van der Waals surface area contributed by atoms with E-state index in [9.17, 15) is 0 Å². The van der Waals surface area contributed by atoms with Crippen molar-refractivity contribution in [2.75, 3.05) is 0 Å². The molecule has 45 heavy (non-hydrogen) atoms. The highest BCUT2D eigenvalue weighted by atomic mass is 16.5. The van der Waals surface area contributed by atoms with Crippen LogP contribution in [0, 0.1) is 0 Å². The Morgan fingerprint density at radius 2 is 0.978 bits per heavy atom. The number of hydrogen-bond donors (Lipinski definition) is 0. The minimum Gasteiger partial charge on any atom is -0.457 e. The highest BCUT2D eigenvalue weighted by Gasteiger charge is 2.50. The molecular weight excluding hydrogens is 546 g/mol. The van der Waals surface area contributed by atoms with Crippen LogP contribution in [0.4, 0.5) is 0 Å². The summed E-state index contributed by atoms with van der Waals surface area (Å²) in [6.45, 7) is 0. The zero-order valence-electron chi connectivity index (χ0n) is 24.4. The van der Waals surface area contributed by atoms with E-state index in [0.717, 1.165) is 17.2 Å². The van der Waals surface area contributed by atoms with Gasteiger partial charge in [0.25, 0.3) is 0 Å². The molecule has 8 aromatic rings. The molecule has 210 valence electrons. The Kier molecular flexibility index (Phi) is 4.95. The summed E-state index contributed by atoms with van der Waals surface area (Å²) in [6, 6.07) is 59.4. The van der Waals surface area contributed by atoms with E-state index < -0.39 is 5.41 Å². The third-order valence-corrected chi connectivity index (χ3v) is 9.87. The lowest BCUT2D eigenvalue weighted by Gasteiger charge is -2.39. The molecule has 0 saturated carbocycles. The lowest BCUT2D eigenvalue weighted by Crippen LogP contribution is -2.32. The number of fused-ring (bicyclic) bond motifs is 12. The van der Waals surface area contributed by atoms with Crippen LogP contribution in [0.25, 0.3) is 49.7 Å². The average molecular weight is 574 g/mol. The average Bonchev–Trinajstić information content (AvgIpc) is 3.59. The molecule has 2 aliphatic rings. The largest absolute Gasteiger partial charge is 0.457 e. The van der Waals surface area contributed by atoms with E-state index in [1.165, 1.54) is 66.3 Å². The first-order valence-electron chi connectivity index (χ1n) is 15.5. The maximum absolute atomic E-state index is 6.67. The van der Waals surface area contributed by atoms with Gasteiger partial charge >= 0.3 is 0 Å². The molecule has 0 radical (unpaired) electrons. The summed E-state index contributed by atoms with van der Waals surface area (Å²) in [6.07, 6.45) is 0. The third-order valence-electron chi connectivity index (χ3n) is 9.87. The number of rotatable bonds is 2. The van der Waals surface area contributed by atoms with Crippen LogP contribution in [0.2, 0.25) is 0 Å². The second-order valence-corrected chi connectivity index (χ2v) is 12.1. The summed E-state index contributed by atoms with van der Waals surface area (Å²) in [4.78, 5) is 0. The van der Waals surface area contributed by atoms with Gasteiger partial charge in [0.15, 0.2) is 0 Å². The summed E-state index contributed by atoms with van der Waals surface area (Å²) in [7, 11) is 0. The molecule has 0 amide bonds. The van der Waals surface area contributed by atoms with Gasteiger partial charge in [0.1, 0.15) is 11.5 Å². The molecule has 10 rings (SSSR count). The van der Waals surface area contributed by atoms with Gasteiger partial charge in [0.2, 0.25) is 0 Å². The standard InChI is InChI=1S/C43H27NO/c1-2-12-30(13-3-1)44-39-20-10-6-16-33(39)34-24-22-29(27-40(34)44)28-23-25-42-38(26-28)43(37-19-9-11-21-41(37)45-42)35-17-7-4-14-31(35)32-15-5-8-18-36(32)43/h1-27H. The van der Waals surface area contributed by atoms with Crippen molar-refractivity contribution < 1.29 is 4.74 Å². The van der Waals surface area contributed by atoms with Crippen LogP contribution in [0.3, 0.4) is 0 Å². The van der Waals surface area contributed by atoms with Gasteiger partial charge < -0.3 is 9.30 Å². The first-order chi connectivity index (χ1) is 22.3. The van der Waals surface area contributed by atoms with Crippen molar-refractivity contribution in [1.29, 1.82) is 0 Å². The predicted octanol–water partition coefficient (Wildman–Crippen LogP) is 10.9. The number of benzene rings is 7. The lowest BCUT2D eigenvalue weighted by molar-refractivity contribution is 0.436. The van der Waals surface area contributed by atoms with Crippen LogP contribution in [0.1, 0.15) is 22.3 Å². The molecule has 0 fully saturated rings. The summed E-state index contributed by atoms with van der Waals surface area (Å²) in [5.74, 6) is 1.82. The summed E-state index contributed by atoms with van der Waals surface area (Å²) >= 11 is 0. The maximum Gasteiger partial charge on any atom is 0.132 e. The number of hydrogen-bond acceptors (Lipinski definition) is 1. The van der Waals surface area contributed by atoms with Gasteiger partial charge in [-0.15, -0.1) is 0 Å². The van der Waals surface area contributed by atoms with E-state index in [1.54, 1.807) is 0 Å². The number of para-hydroxylation sites is 3. The molecule has 1 aliphatic heterocycles. The Morgan fingerprint density at radius 1 is 0.400 bits per heavy atom. The number of aromatic nitrogens is 1. The van der Waals surface area contributed by atoms with E-state index in [1.807, 2.05) is 0 Å². The second-order valence-electron chi connectivity index (χ2n) is 12.1. The van der Waals surface area contributed by atoms with E-state index in [2.05, 4.69) is 168 Å².